The van der Waals surface area contributed by atoms with Crippen LogP contribution < -0.4 is 10.1 Å². The van der Waals surface area contributed by atoms with Crippen molar-refractivity contribution in [3.63, 3.8) is 0 Å². The number of anilines is 1. The van der Waals surface area contributed by atoms with Crippen molar-refractivity contribution >= 4 is 34.8 Å². The molecule has 3 rings (SSSR count). The third-order valence-corrected chi connectivity index (χ3v) is 6.71. The van der Waals surface area contributed by atoms with Crippen LogP contribution in [0, 0.1) is 10.1 Å². The average Bonchev–Trinajstić information content (AvgIpc) is 2.94. The fraction of sp³-hybridized carbons (Fsp3) is 0.286. The summed E-state index contributed by atoms with van der Waals surface area (Å²) in [6.07, 6.45) is -10.5. The van der Waals surface area contributed by atoms with E-state index in [9.17, 15) is 46.0 Å². The quantitative estimate of drug-likeness (QED) is 0.143. The number of hydrogen-bond acceptors (Lipinski definition) is 5. The second kappa shape index (κ2) is 13.3. The molecule has 0 radical (unpaired) electrons. The van der Waals surface area contributed by atoms with Gasteiger partial charge in [0.2, 0.25) is 5.91 Å². The lowest BCUT2D eigenvalue weighted by molar-refractivity contribution is -0.384. The molecule has 0 bridgehead atoms. The van der Waals surface area contributed by atoms with Gasteiger partial charge in [0.25, 0.3) is 11.6 Å². The topological polar surface area (TPSA) is 102 Å². The van der Waals surface area contributed by atoms with Crippen molar-refractivity contribution in [2.45, 2.75) is 37.7 Å². The van der Waals surface area contributed by atoms with Crippen LogP contribution in [0.4, 0.5) is 37.7 Å². The van der Waals surface area contributed by atoms with E-state index in [1.165, 1.54) is 20.2 Å². The van der Waals surface area contributed by atoms with E-state index in [-0.39, 0.29) is 42.5 Å². The third kappa shape index (κ3) is 8.83. The number of hydrogen-bond donors (Lipinski definition) is 1. The lowest BCUT2D eigenvalue weighted by Gasteiger charge is -2.29. The van der Waals surface area contributed by atoms with E-state index in [4.69, 9.17) is 16.3 Å². The van der Waals surface area contributed by atoms with Crippen LogP contribution >= 0.6 is 11.6 Å². The number of alkyl halides is 6. The van der Waals surface area contributed by atoms with Gasteiger partial charge in [0.05, 0.1) is 34.9 Å². The molecule has 3 aromatic carbocycles. The number of non-ortho nitro benzene ring substituents is 1. The van der Waals surface area contributed by atoms with Crippen LogP contribution in [0.3, 0.4) is 0 Å². The molecule has 8 nitrogen and oxygen atoms in total. The summed E-state index contributed by atoms with van der Waals surface area (Å²) in [7, 11) is 2.46. The standard InChI is InChI=1S/C28H24ClF6N3O5/c1-37(26(40)17-12-18(27(30,31)32)14-19(13-17)28(33,34)35)21(11-16-3-5-20(29)6-4-16)8-10-25(39)36-23-9-7-22(38(41)42)15-24(23)43-2/h3-7,9,12-15,21H,8,10-11H2,1-2H3,(H,36,39). The zero-order valence-corrected chi connectivity index (χ0v) is 23.3. The number of carbonyl (C=O) groups excluding carboxylic acids is 2. The van der Waals surface area contributed by atoms with Gasteiger partial charge in [0.1, 0.15) is 5.75 Å². The molecule has 0 saturated heterocycles. The molecule has 2 amide bonds. The van der Waals surface area contributed by atoms with E-state index in [1.54, 1.807) is 24.3 Å². The van der Waals surface area contributed by atoms with Crippen molar-refractivity contribution in [3.8, 4) is 5.75 Å². The molecule has 0 saturated carbocycles. The van der Waals surface area contributed by atoms with E-state index in [0.29, 0.717) is 22.7 Å². The number of benzene rings is 3. The highest BCUT2D eigenvalue weighted by Crippen LogP contribution is 2.37. The van der Waals surface area contributed by atoms with Crippen molar-refractivity contribution in [3.05, 3.63) is 98.1 Å². The Morgan fingerprint density at radius 2 is 1.56 bits per heavy atom. The van der Waals surface area contributed by atoms with Crippen LogP contribution in [0.5, 0.6) is 5.75 Å². The number of nitrogens with zero attached hydrogens (tertiary/aromatic N) is 2. The molecule has 0 spiro atoms. The van der Waals surface area contributed by atoms with Crippen LogP contribution in [0.25, 0.3) is 0 Å². The first-order valence-electron chi connectivity index (χ1n) is 12.4. The molecule has 15 heteroatoms. The molecule has 1 N–H and O–H groups in total. The second-order valence-corrected chi connectivity index (χ2v) is 9.86. The van der Waals surface area contributed by atoms with Gasteiger partial charge in [-0.05, 0) is 54.8 Å². The molecule has 0 aliphatic rings. The van der Waals surface area contributed by atoms with Gasteiger partial charge in [-0.1, -0.05) is 23.7 Å². The highest BCUT2D eigenvalue weighted by Gasteiger charge is 2.38. The summed E-state index contributed by atoms with van der Waals surface area (Å²) < 4.78 is 85.5. The Hall–Kier alpha value is -4.33. The minimum Gasteiger partial charge on any atom is -0.494 e. The number of likely N-dealkylation sites (N-methyl/N-ethyl adjacent to an activating group) is 1. The summed E-state index contributed by atoms with van der Waals surface area (Å²) in [4.78, 5) is 37.5. The summed E-state index contributed by atoms with van der Waals surface area (Å²) in [6, 6.07) is 9.67. The van der Waals surface area contributed by atoms with Gasteiger partial charge in [-0.2, -0.15) is 26.3 Å². The fourth-order valence-corrected chi connectivity index (χ4v) is 4.31. The molecule has 0 aromatic heterocycles. The Balaban J connectivity index is 1.88. The Morgan fingerprint density at radius 1 is 0.977 bits per heavy atom. The molecule has 43 heavy (non-hydrogen) atoms. The molecule has 0 aliphatic heterocycles. The summed E-state index contributed by atoms with van der Waals surface area (Å²) in [5, 5.41) is 14.0. The smallest absolute Gasteiger partial charge is 0.416 e. The number of ether oxygens (including phenoxy) is 1. The number of nitro groups is 1. The van der Waals surface area contributed by atoms with Crippen LogP contribution in [-0.2, 0) is 23.6 Å². The molecule has 0 fully saturated rings. The van der Waals surface area contributed by atoms with E-state index in [2.05, 4.69) is 5.32 Å². The zero-order valence-electron chi connectivity index (χ0n) is 22.6. The normalized spacial score (nSPS) is 12.4. The first-order chi connectivity index (χ1) is 20.0. The number of methoxy groups -OCH3 is 1. The minimum absolute atomic E-state index is 0.0116. The van der Waals surface area contributed by atoms with Crippen molar-refractivity contribution < 1.29 is 45.6 Å². The summed E-state index contributed by atoms with van der Waals surface area (Å²) >= 11 is 5.93. The van der Waals surface area contributed by atoms with Gasteiger partial charge in [0, 0.05) is 36.2 Å². The van der Waals surface area contributed by atoms with Gasteiger partial charge >= 0.3 is 12.4 Å². The monoisotopic (exact) mass is 631 g/mol. The number of amides is 2. The largest absolute Gasteiger partial charge is 0.494 e. The van der Waals surface area contributed by atoms with Crippen molar-refractivity contribution in [1.29, 1.82) is 0 Å². The molecular formula is C28H24ClF6N3O5. The lowest BCUT2D eigenvalue weighted by Crippen LogP contribution is -2.39. The molecular weight excluding hydrogens is 608 g/mol. The Morgan fingerprint density at radius 3 is 2.07 bits per heavy atom. The summed E-state index contributed by atoms with van der Waals surface area (Å²) in [5.74, 6) is -1.70. The van der Waals surface area contributed by atoms with E-state index in [0.717, 1.165) is 17.0 Å². The summed E-state index contributed by atoms with van der Waals surface area (Å²) in [5.41, 5.74) is -3.62. The highest BCUT2D eigenvalue weighted by molar-refractivity contribution is 6.30. The molecule has 3 aromatic rings. The van der Waals surface area contributed by atoms with Gasteiger partial charge < -0.3 is 15.0 Å². The Kier molecular flexibility index (Phi) is 10.3. The SMILES string of the molecule is COc1cc([N+](=O)[O-])ccc1NC(=O)CCC(Cc1ccc(Cl)cc1)N(C)C(=O)c1cc(C(F)(F)F)cc(C(F)(F)F)c1. The molecule has 0 heterocycles. The number of nitrogens with one attached hydrogen (secondary N) is 1. The molecule has 1 atom stereocenters. The maximum atomic E-state index is 13.4. The third-order valence-electron chi connectivity index (χ3n) is 6.46. The van der Waals surface area contributed by atoms with E-state index in [1.807, 2.05) is 0 Å². The molecule has 230 valence electrons. The number of halogens is 7. The summed E-state index contributed by atoms with van der Waals surface area (Å²) in [6.45, 7) is 0. The number of rotatable bonds is 10. The van der Waals surface area contributed by atoms with Gasteiger partial charge in [0.15, 0.2) is 0 Å². The molecule has 1 unspecified atom stereocenters. The Labute approximate surface area is 246 Å². The van der Waals surface area contributed by atoms with Crippen molar-refractivity contribution in [2.75, 3.05) is 19.5 Å². The van der Waals surface area contributed by atoms with Gasteiger partial charge in [-0.25, -0.2) is 0 Å². The maximum absolute atomic E-state index is 13.4. The molecule has 0 aliphatic carbocycles. The van der Waals surface area contributed by atoms with Crippen LogP contribution in [0.1, 0.15) is 39.9 Å². The van der Waals surface area contributed by atoms with E-state index >= 15 is 0 Å². The minimum atomic E-state index is -5.14. The van der Waals surface area contributed by atoms with Crippen LogP contribution in [0.2, 0.25) is 5.02 Å². The Bertz CT molecular complexity index is 1460. The first kappa shape index (κ1) is 33.2. The first-order valence-corrected chi connectivity index (χ1v) is 12.8. The predicted molar refractivity (Wildman–Crippen MR) is 145 cm³/mol. The number of carbonyl (C=O) groups is 2. The second-order valence-electron chi connectivity index (χ2n) is 9.42. The van der Waals surface area contributed by atoms with Crippen LogP contribution in [0.15, 0.2) is 60.7 Å². The lowest BCUT2D eigenvalue weighted by atomic mass is 9.98. The maximum Gasteiger partial charge on any atom is 0.416 e. The predicted octanol–water partition coefficient (Wildman–Crippen LogP) is 7.40. The zero-order chi connectivity index (χ0) is 32.1. The van der Waals surface area contributed by atoms with Crippen molar-refractivity contribution in [1.82, 2.24) is 4.90 Å². The number of nitro benzene ring substituents is 1. The van der Waals surface area contributed by atoms with Crippen LogP contribution in [-0.4, -0.2) is 41.8 Å². The highest BCUT2D eigenvalue weighted by atomic mass is 35.5. The average molecular weight is 632 g/mol. The van der Waals surface area contributed by atoms with Crippen molar-refractivity contribution in [2.24, 2.45) is 0 Å². The van der Waals surface area contributed by atoms with E-state index < -0.39 is 51.8 Å². The fourth-order valence-electron chi connectivity index (χ4n) is 4.18. The van der Waals surface area contributed by atoms with Gasteiger partial charge in [-0.15, -0.1) is 0 Å². The van der Waals surface area contributed by atoms with Gasteiger partial charge in [-0.3, -0.25) is 19.7 Å².